The molecule has 1 aromatic rings. The molecule has 1 amide bonds. The van der Waals surface area contributed by atoms with Crippen molar-refractivity contribution in [1.82, 2.24) is 4.90 Å². The number of halogens is 2. The maximum atomic E-state index is 11.7. The molecule has 0 saturated carbocycles. The van der Waals surface area contributed by atoms with Crippen molar-refractivity contribution in [3.63, 3.8) is 0 Å². The standard InChI is InChI=1S/C12H16Cl2N2O/c1-8(2)16(3)12(17)7-15-9-4-5-10(13)11(14)6-9/h4-6,8,15H,7H2,1-3H3. The lowest BCUT2D eigenvalue weighted by molar-refractivity contribution is -0.129. The van der Waals surface area contributed by atoms with Crippen LogP contribution in [0.5, 0.6) is 0 Å². The van der Waals surface area contributed by atoms with Crippen LogP contribution in [-0.4, -0.2) is 30.4 Å². The number of nitrogens with one attached hydrogen (secondary N) is 1. The Morgan fingerprint density at radius 1 is 1.35 bits per heavy atom. The van der Waals surface area contributed by atoms with E-state index >= 15 is 0 Å². The fourth-order valence-electron chi connectivity index (χ4n) is 1.20. The SMILES string of the molecule is CC(C)N(C)C(=O)CNc1ccc(Cl)c(Cl)c1. The molecule has 0 aliphatic heterocycles. The van der Waals surface area contributed by atoms with E-state index in [4.69, 9.17) is 23.2 Å². The van der Waals surface area contributed by atoms with Crippen LogP contribution < -0.4 is 5.32 Å². The van der Waals surface area contributed by atoms with Gasteiger partial charge in [-0.25, -0.2) is 0 Å². The Balaban J connectivity index is 2.56. The Morgan fingerprint density at radius 2 is 2.00 bits per heavy atom. The minimum Gasteiger partial charge on any atom is -0.376 e. The van der Waals surface area contributed by atoms with Crippen LogP contribution in [0.4, 0.5) is 5.69 Å². The van der Waals surface area contributed by atoms with Gasteiger partial charge >= 0.3 is 0 Å². The quantitative estimate of drug-likeness (QED) is 0.914. The topological polar surface area (TPSA) is 32.3 Å². The summed E-state index contributed by atoms with van der Waals surface area (Å²) in [6.07, 6.45) is 0. The van der Waals surface area contributed by atoms with Crippen LogP contribution in [0.2, 0.25) is 10.0 Å². The van der Waals surface area contributed by atoms with E-state index in [1.54, 1.807) is 30.1 Å². The van der Waals surface area contributed by atoms with Gasteiger partial charge in [-0.1, -0.05) is 23.2 Å². The molecule has 0 aromatic heterocycles. The van der Waals surface area contributed by atoms with Gasteiger partial charge in [0.15, 0.2) is 0 Å². The minimum absolute atomic E-state index is 0.0334. The first-order valence-electron chi connectivity index (χ1n) is 5.36. The van der Waals surface area contributed by atoms with E-state index in [0.29, 0.717) is 10.0 Å². The van der Waals surface area contributed by atoms with Gasteiger partial charge in [0.2, 0.25) is 5.91 Å². The summed E-state index contributed by atoms with van der Waals surface area (Å²) in [5.41, 5.74) is 0.782. The summed E-state index contributed by atoms with van der Waals surface area (Å²) in [4.78, 5) is 13.4. The molecule has 0 saturated heterocycles. The number of benzene rings is 1. The highest BCUT2D eigenvalue weighted by molar-refractivity contribution is 6.42. The van der Waals surface area contributed by atoms with Crippen molar-refractivity contribution in [1.29, 1.82) is 0 Å². The Kier molecular flexibility index (Phi) is 5.09. The third-order valence-electron chi connectivity index (χ3n) is 2.53. The van der Waals surface area contributed by atoms with E-state index in [1.807, 2.05) is 13.8 Å². The summed E-state index contributed by atoms with van der Waals surface area (Å²) < 4.78 is 0. The fraction of sp³-hybridized carbons (Fsp3) is 0.417. The second-order valence-corrected chi connectivity index (χ2v) is 4.90. The van der Waals surface area contributed by atoms with Gasteiger partial charge in [0.05, 0.1) is 16.6 Å². The second-order valence-electron chi connectivity index (χ2n) is 4.08. The normalized spacial score (nSPS) is 10.5. The smallest absolute Gasteiger partial charge is 0.241 e. The fourth-order valence-corrected chi connectivity index (χ4v) is 1.49. The second kappa shape index (κ2) is 6.12. The minimum atomic E-state index is 0.0334. The van der Waals surface area contributed by atoms with Gasteiger partial charge in [-0.05, 0) is 32.0 Å². The highest BCUT2D eigenvalue weighted by Gasteiger charge is 2.11. The van der Waals surface area contributed by atoms with Gasteiger partial charge in [0, 0.05) is 18.8 Å². The van der Waals surface area contributed by atoms with Crippen LogP contribution in [-0.2, 0) is 4.79 Å². The average Bonchev–Trinajstić information content (AvgIpc) is 2.29. The average molecular weight is 275 g/mol. The molecule has 0 atom stereocenters. The molecule has 17 heavy (non-hydrogen) atoms. The summed E-state index contributed by atoms with van der Waals surface area (Å²) in [5.74, 6) is 0.0334. The molecule has 0 aliphatic carbocycles. The van der Waals surface area contributed by atoms with Crippen molar-refractivity contribution in [2.75, 3.05) is 18.9 Å². The summed E-state index contributed by atoms with van der Waals surface area (Å²) in [7, 11) is 1.78. The summed E-state index contributed by atoms with van der Waals surface area (Å²) in [6, 6.07) is 5.38. The predicted molar refractivity (Wildman–Crippen MR) is 72.9 cm³/mol. The van der Waals surface area contributed by atoms with Crippen LogP contribution >= 0.6 is 23.2 Å². The highest BCUT2D eigenvalue weighted by atomic mass is 35.5. The Labute approximate surface area is 112 Å². The van der Waals surface area contributed by atoms with Gasteiger partial charge in [-0.2, -0.15) is 0 Å². The lowest BCUT2D eigenvalue weighted by Crippen LogP contribution is -2.37. The van der Waals surface area contributed by atoms with E-state index in [-0.39, 0.29) is 18.5 Å². The zero-order valence-electron chi connectivity index (χ0n) is 10.1. The predicted octanol–water partition coefficient (Wildman–Crippen LogP) is 3.27. The zero-order chi connectivity index (χ0) is 13.0. The molecule has 1 aromatic carbocycles. The van der Waals surface area contributed by atoms with Crippen molar-refractivity contribution < 1.29 is 4.79 Å². The van der Waals surface area contributed by atoms with Crippen molar-refractivity contribution in [3.05, 3.63) is 28.2 Å². The van der Waals surface area contributed by atoms with Gasteiger partial charge in [-0.3, -0.25) is 4.79 Å². The van der Waals surface area contributed by atoms with Crippen LogP contribution in [0.3, 0.4) is 0 Å². The summed E-state index contributed by atoms with van der Waals surface area (Å²) in [5, 5.41) is 3.99. The van der Waals surface area contributed by atoms with Crippen LogP contribution in [0.15, 0.2) is 18.2 Å². The molecule has 0 heterocycles. The molecule has 5 heteroatoms. The Morgan fingerprint density at radius 3 is 2.53 bits per heavy atom. The molecule has 1 rings (SSSR count). The number of anilines is 1. The first kappa shape index (κ1) is 14.1. The lowest BCUT2D eigenvalue weighted by atomic mass is 10.3. The third kappa shape index (κ3) is 4.10. The maximum Gasteiger partial charge on any atom is 0.241 e. The molecular formula is C12H16Cl2N2O. The number of nitrogens with zero attached hydrogens (tertiary/aromatic N) is 1. The Hall–Kier alpha value is -0.930. The molecule has 94 valence electrons. The zero-order valence-corrected chi connectivity index (χ0v) is 11.6. The largest absolute Gasteiger partial charge is 0.376 e. The van der Waals surface area contributed by atoms with Crippen LogP contribution in [0.25, 0.3) is 0 Å². The molecular weight excluding hydrogens is 259 g/mol. The molecule has 3 nitrogen and oxygen atoms in total. The number of likely N-dealkylation sites (N-methyl/N-ethyl adjacent to an activating group) is 1. The number of hydrogen-bond donors (Lipinski definition) is 1. The van der Waals surface area contributed by atoms with Crippen molar-refractivity contribution in [2.45, 2.75) is 19.9 Å². The van der Waals surface area contributed by atoms with Gasteiger partial charge in [-0.15, -0.1) is 0 Å². The molecule has 0 unspecified atom stereocenters. The molecule has 0 bridgehead atoms. The monoisotopic (exact) mass is 274 g/mol. The van der Waals surface area contributed by atoms with E-state index in [9.17, 15) is 4.79 Å². The van der Waals surface area contributed by atoms with Crippen LogP contribution in [0, 0.1) is 0 Å². The molecule has 0 radical (unpaired) electrons. The summed E-state index contributed by atoms with van der Waals surface area (Å²) in [6.45, 7) is 4.18. The number of carbonyl (C=O) groups is 1. The van der Waals surface area contributed by atoms with Crippen molar-refractivity contribution in [3.8, 4) is 0 Å². The van der Waals surface area contributed by atoms with E-state index in [0.717, 1.165) is 5.69 Å². The van der Waals surface area contributed by atoms with Crippen LogP contribution in [0.1, 0.15) is 13.8 Å². The summed E-state index contributed by atoms with van der Waals surface area (Å²) >= 11 is 11.7. The molecule has 0 aliphatic rings. The maximum absolute atomic E-state index is 11.7. The van der Waals surface area contributed by atoms with E-state index < -0.39 is 0 Å². The molecule has 0 fully saturated rings. The van der Waals surface area contributed by atoms with Gasteiger partial charge in [0.25, 0.3) is 0 Å². The first-order valence-corrected chi connectivity index (χ1v) is 6.12. The molecule has 0 spiro atoms. The third-order valence-corrected chi connectivity index (χ3v) is 3.27. The number of rotatable bonds is 4. The molecule has 1 N–H and O–H groups in total. The van der Waals surface area contributed by atoms with E-state index in [2.05, 4.69) is 5.32 Å². The van der Waals surface area contributed by atoms with Gasteiger partial charge < -0.3 is 10.2 Å². The first-order chi connectivity index (χ1) is 7.91. The lowest BCUT2D eigenvalue weighted by Gasteiger charge is -2.21. The number of hydrogen-bond acceptors (Lipinski definition) is 2. The number of amides is 1. The van der Waals surface area contributed by atoms with Gasteiger partial charge in [0.1, 0.15) is 0 Å². The van der Waals surface area contributed by atoms with E-state index in [1.165, 1.54) is 0 Å². The highest BCUT2D eigenvalue weighted by Crippen LogP contribution is 2.24. The Bertz CT molecular complexity index is 407. The van der Waals surface area contributed by atoms with Crippen molar-refractivity contribution in [2.24, 2.45) is 0 Å². The van der Waals surface area contributed by atoms with Crippen molar-refractivity contribution >= 4 is 34.8 Å². The number of carbonyl (C=O) groups excluding carboxylic acids is 1.